The van der Waals surface area contributed by atoms with E-state index < -0.39 is 76.9 Å². The Bertz CT molecular complexity index is 963. The van der Waals surface area contributed by atoms with Gasteiger partial charge in [-0.05, 0) is 0 Å². The van der Waals surface area contributed by atoms with Gasteiger partial charge in [0.1, 0.15) is 0 Å². The summed E-state index contributed by atoms with van der Waals surface area (Å²) in [5, 5.41) is 0. The molecule has 0 saturated carbocycles. The van der Waals surface area contributed by atoms with Crippen molar-refractivity contribution < 1.29 is 99.3 Å². The second-order valence-corrected chi connectivity index (χ2v) is 14.3. The van der Waals surface area contributed by atoms with Crippen LogP contribution < -0.4 is 0 Å². The van der Waals surface area contributed by atoms with Crippen LogP contribution in [0.1, 0.15) is 0 Å². The van der Waals surface area contributed by atoms with Crippen LogP contribution in [-0.4, -0.2) is 70.1 Å². The van der Waals surface area contributed by atoms with Crippen molar-refractivity contribution in [2.75, 3.05) is 0 Å². The molecule has 0 amide bonds. The lowest BCUT2D eigenvalue weighted by atomic mass is 11.6. The monoisotopic (exact) mass is 623 g/mol. The highest BCUT2D eigenvalue weighted by Gasteiger charge is 2.71. The first kappa shape index (κ1) is 32.3. The van der Waals surface area contributed by atoms with Gasteiger partial charge in [-0.25, -0.2) is 0 Å². The van der Waals surface area contributed by atoms with Crippen molar-refractivity contribution in [1.82, 2.24) is 0 Å². The zero-order valence-electron chi connectivity index (χ0n) is 13.6. The first-order valence-corrected chi connectivity index (χ1v) is 13.5. The summed E-state index contributed by atoms with van der Waals surface area (Å²) in [6.07, 6.45) is 0. The molecular formula is C4AlF12O12S4-. The molecule has 12 nitrogen and oxygen atoms in total. The van der Waals surface area contributed by atoms with Crippen molar-refractivity contribution in [2.24, 2.45) is 0 Å². The number of rotatable bonds is 8. The Morgan fingerprint density at radius 1 is 0.364 bits per heavy atom. The van der Waals surface area contributed by atoms with Gasteiger partial charge in [0.2, 0.25) is 0 Å². The van der Waals surface area contributed by atoms with Gasteiger partial charge in [-0.15, -0.1) is 0 Å². The summed E-state index contributed by atoms with van der Waals surface area (Å²) >= 11 is -9.42. The minimum Gasteiger partial charge on any atom is -0.466 e. The highest BCUT2D eigenvalue weighted by atomic mass is 32.2. The Morgan fingerprint density at radius 3 is 0.576 bits per heavy atom. The van der Waals surface area contributed by atoms with Crippen LogP contribution >= 0.6 is 0 Å². The SMILES string of the molecule is O=S(=O)([O][Al-]([O]S(=O)(=O)C(F)(F)F)([O]S(=O)(=O)C(F)(F)F)[O]S(=O)(=O)C(F)(F)F)C(F)(F)F. The van der Waals surface area contributed by atoms with E-state index in [2.05, 4.69) is 12.9 Å². The number of hydrogen-bond donors (Lipinski definition) is 0. The van der Waals surface area contributed by atoms with Crippen molar-refractivity contribution in [3.8, 4) is 0 Å². The van der Waals surface area contributed by atoms with Crippen LogP contribution in [0.5, 0.6) is 0 Å². The van der Waals surface area contributed by atoms with E-state index in [4.69, 9.17) is 0 Å². The van der Waals surface area contributed by atoms with Crippen molar-refractivity contribution in [2.45, 2.75) is 22.0 Å². The van der Waals surface area contributed by atoms with Crippen LogP contribution in [0.3, 0.4) is 0 Å². The molecular weight excluding hydrogens is 623 g/mol. The molecule has 0 saturated heterocycles. The highest BCUT2D eigenvalue weighted by Crippen LogP contribution is 2.39. The van der Waals surface area contributed by atoms with E-state index >= 15 is 0 Å². The summed E-state index contributed by atoms with van der Waals surface area (Å²) in [6, 6.07) is 0. The Hall–Kier alpha value is -0.668. The fourth-order valence-corrected chi connectivity index (χ4v) is 10.1. The van der Waals surface area contributed by atoms with Gasteiger partial charge < -0.3 is 12.9 Å². The fraction of sp³-hybridized carbons (Fsp3) is 1.00. The summed E-state index contributed by atoms with van der Waals surface area (Å²) in [4.78, 5) is 0. The quantitative estimate of drug-likeness (QED) is 0.213. The van der Waals surface area contributed by atoms with Crippen LogP contribution in [0.4, 0.5) is 52.7 Å². The van der Waals surface area contributed by atoms with E-state index in [1.807, 2.05) is 0 Å². The second kappa shape index (κ2) is 8.77. The second-order valence-electron chi connectivity index (χ2n) is 4.56. The predicted octanol–water partition coefficient (Wildman–Crippen LogP) is 0.887. The Balaban J connectivity index is 7.45. The molecule has 0 heterocycles. The van der Waals surface area contributed by atoms with E-state index in [1.54, 1.807) is 0 Å². The van der Waals surface area contributed by atoms with Crippen LogP contribution in [-0.2, 0) is 53.4 Å². The van der Waals surface area contributed by atoms with Crippen LogP contribution in [0.2, 0.25) is 0 Å². The molecule has 0 radical (unpaired) electrons. The van der Waals surface area contributed by atoms with Gasteiger partial charge in [-0.2, -0.15) is 86.4 Å². The van der Waals surface area contributed by atoms with E-state index in [0.29, 0.717) is 0 Å². The van der Waals surface area contributed by atoms with Gasteiger partial charge in [0.05, 0.1) is 0 Å². The minimum atomic E-state index is -9.42. The molecule has 0 aromatic heterocycles. The fourth-order valence-electron chi connectivity index (χ4n) is 0.935. The molecule has 0 N–H and O–H groups in total. The molecule has 0 atom stereocenters. The zero-order valence-corrected chi connectivity index (χ0v) is 18.1. The van der Waals surface area contributed by atoms with Crippen LogP contribution in [0.15, 0.2) is 0 Å². The smallest absolute Gasteiger partial charge is 0.466 e. The lowest BCUT2D eigenvalue weighted by Gasteiger charge is -2.34. The predicted molar refractivity (Wildman–Crippen MR) is 70.0 cm³/mol. The Kier molecular flexibility index (Phi) is 8.59. The van der Waals surface area contributed by atoms with E-state index in [1.165, 1.54) is 0 Å². The molecule has 200 valence electrons. The van der Waals surface area contributed by atoms with Gasteiger partial charge in [-0.3, -0.25) is 0 Å². The summed E-state index contributed by atoms with van der Waals surface area (Å²) in [5.74, 6) is 0. The summed E-state index contributed by atoms with van der Waals surface area (Å²) in [6.45, 7) is 0. The molecule has 0 aromatic rings. The van der Waals surface area contributed by atoms with E-state index in [0.717, 1.165) is 0 Å². The third kappa shape index (κ3) is 7.66. The molecule has 29 heteroatoms. The summed E-state index contributed by atoms with van der Waals surface area (Å²) in [5.41, 5.74) is -28.4. The van der Waals surface area contributed by atoms with Crippen molar-refractivity contribution in [1.29, 1.82) is 0 Å². The van der Waals surface area contributed by atoms with Gasteiger partial charge in [0, 0.05) is 0 Å². The average molecular weight is 623 g/mol. The summed E-state index contributed by atoms with van der Waals surface area (Å²) in [7, 11) is -32.0. The molecule has 0 aliphatic rings. The van der Waals surface area contributed by atoms with Crippen molar-refractivity contribution in [3.05, 3.63) is 0 Å². The molecule has 0 spiro atoms. The topological polar surface area (TPSA) is 173 Å². The standard InChI is InChI=1S/4CHF3O3S.Al/c4*2-1(3,4)8(5,6)7;/h4*(H,5,6,7);/q;;;;+3/p-4. The lowest BCUT2D eigenvalue weighted by molar-refractivity contribution is -0.0651. The first-order valence-electron chi connectivity index (χ1n) is 6.03. The zero-order chi connectivity index (χ0) is 27.3. The molecule has 33 heavy (non-hydrogen) atoms. The van der Waals surface area contributed by atoms with Gasteiger partial charge in [0.25, 0.3) is 0 Å². The van der Waals surface area contributed by atoms with E-state index in [9.17, 15) is 86.4 Å². The Labute approximate surface area is 176 Å². The number of halogens is 12. The maximum absolute atomic E-state index is 12.4. The highest BCUT2D eigenvalue weighted by molar-refractivity contribution is 7.93. The van der Waals surface area contributed by atoms with E-state index in [-0.39, 0.29) is 0 Å². The third-order valence-corrected chi connectivity index (χ3v) is 12.2. The molecule has 0 aliphatic heterocycles. The van der Waals surface area contributed by atoms with Gasteiger partial charge in [0.15, 0.2) is 0 Å². The van der Waals surface area contributed by atoms with Crippen molar-refractivity contribution in [3.63, 3.8) is 0 Å². The van der Waals surface area contributed by atoms with Crippen molar-refractivity contribution >= 4 is 54.9 Å². The maximum Gasteiger partial charge on any atom is 0.933 e. The molecule has 0 rings (SSSR count). The van der Waals surface area contributed by atoms with Crippen LogP contribution in [0.25, 0.3) is 0 Å². The molecule has 0 fully saturated rings. The first-order chi connectivity index (χ1) is 13.8. The lowest BCUT2D eigenvalue weighted by Crippen LogP contribution is -2.59. The van der Waals surface area contributed by atoms with Gasteiger partial charge in [-0.1, -0.05) is 0 Å². The molecule has 0 bridgehead atoms. The molecule has 0 aliphatic carbocycles. The average Bonchev–Trinajstić information content (AvgIpc) is 2.38. The normalized spacial score (nSPS) is 16.1. The molecule has 0 unspecified atom stereocenters. The number of hydrogen-bond acceptors (Lipinski definition) is 12. The molecule has 0 aromatic carbocycles. The Morgan fingerprint density at radius 2 is 0.485 bits per heavy atom. The van der Waals surface area contributed by atoms with Crippen LogP contribution in [0, 0.1) is 0 Å². The maximum atomic E-state index is 12.4. The summed E-state index contributed by atoms with van der Waals surface area (Å²) < 4.78 is 245. The van der Waals surface area contributed by atoms with Gasteiger partial charge >= 0.3 is 76.9 Å². The number of alkyl halides is 12. The largest absolute Gasteiger partial charge is 0.933 e. The minimum absolute atomic E-state index is 2.29. The third-order valence-electron chi connectivity index (χ3n) is 2.11.